The first-order valence-corrected chi connectivity index (χ1v) is 11.4. The quantitative estimate of drug-likeness (QED) is 0.198. The highest BCUT2D eigenvalue weighted by atomic mass is 35.5. The number of nitrogens with one attached hydrogen (secondary N) is 1. The van der Waals surface area contributed by atoms with Gasteiger partial charge in [-0.15, -0.1) is 10.2 Å². The Bertz CT molecular complexity index is 1330. The topological polar surface area (TPSA) is 103 Å². The fraction of sp³-hybridized carbons (Fsp3) is 0.0870. The fourth-order valence-corrected chi connectivity index (χ4v) is 4.07. The van der Waals surface area contributed by atoms with Crippen molar-refractivity contribution >= 4 is 40.6 Å². The van der Waals surface area contributed by atoms with Gasteiger partial charge >= 0.3 is 0 Å². The third kappa shape index (κ3) is 5.59. The van der Waals surface area contributed by atoms with Gasteiger partial charge in [0.1, 0.15) is 5.82 Å². The van der Waals surface area contributed by atoms with Crippen LogP contribution in [0.2, 0.25) is 5.02 Å². The van der Waals surface area contributed by atoms with Crippen molar-refractivity contribution in [3.05, 3.63) is 99.3 Å². The second-order valence-corrected chi connectivity index (χ2v) is 8.50. The van der Waals surface area contributed by atoms with E-state index in [1.54, 1.807) is 12.1 Å². The van der Waals surface area contributed by atoms with Crippen molar-refractivity contribution in [2.45, 2.75) is 11.7 Å². The molecule has 4 aromatic rings. The molecule has 172 valence electrons. The predicted octanol–water partition coefficient (Wildman–Crippen LogP) is 5.42. The Labute approximate surface area is 202 Å². The standard InChI is InChI=1S/C23H17ClFN5O3S/c24-19-12-17(8-11-20(19)25)26-21(31)14-34-23-28-27-22(16-6-9-18(10-7-16)30(32)33)29(23)13-15-4-2-1-3-5-15/h1-12H,13-14H2,(H,26,31). The van der Waals surface area contributed by atoms with E-state index in [4.69, 9.17) is 11.6 Å². The van der Waals surface area contributed by atoms with Crippen LogP contribution in [-0.4, -0.2) is 31.3 Å². The molecule has 1 heterocycles. The number of nitro benzene ring substituents is 1. The number of benzene rings is 3. The molecule has 34 heavy (non-hydrogen) atoms. The van der Waals surface area contributed by atoms with Crippen molar-refractivity contribution in [2.75, 3.05) is 11.1 Å². The number of amides is 1. The van der Waals surface area contributed by atoms with Gasteiger partial charge in [-0.1, -0.05) is 53.7 Å². The van der Waals surface area contributed by atoms with Gasteiger partial charge in [0, 0.05) is 23.4 Å². The van der Waals surface area contributed by atoms with Crippen molar-refractivity contribution in [3.63, 3.8) is 0 Å². The van der Waals surface area contributed by atoms with Crippen molar-refractivity contribution in [1.29, 1.82) is 0 Å². The zero-order chi connectivity index (χ0) is 24.1. The van der Waals surface area contributed by atoms with Gasteiger partial charge in [-0.05, 0) is 35.9 Å². The lowest BCUT2D eigenvalue weighted by Gasteiger charge is -2.11. The van der Waals surface area contributed by atoms with Gasteiger partial charge in [-0.25, -0.2) is 4.39 Å². The maximum atomic E-state index is 13.3. The van der Waals surface area contributed by atoms with Crippen LogP contribution in [0.25, 0.3) is 11.4 Å². The molecule has 0 aliphatic carbocycles. The lowest BCUT2D eigenvalue weighted by Crippen LogP contribution is -2.15. The van der Waals surface area contributed by atoms with E-state index in [9.17, 15) is 19.3 Å². The van der Waals surface area contributed by atoms with Crippen LogP contribution in [0.15, 0.2) is 78.0 Å². The number of carbonyl (C=O) groups is 1. The Morgan fingerprint density at radius 3 is 2.50 bits per heavy atom. The van der Waals surface area contributed by atoms with Gasteiger partial charge in [0.2, 0.25) is 5.91 Å². The molecular formula is C23H17ClFN5O3S. The first-order chi connectivity index (χ1) is 16.4. The van der Waals surface area contributed by atoms with Gasteiger partial charge in [-0.3, -0.25) is 19.5 Å². The van der Waals surface area contributed by atoms with E-state index in [1.807, 2.05) is 34.9 Å². The fourth-order valence-electron chi connectivity index (χ4n) is 3.15. The summed E-state index contributed by atoms with van der Waals surface area (Å²) in [6.45, 7) is 0.442. The number of hydrogen-bond acceptors (Lipinski definition) is 6. The van der Waals surface area contributed by atoms with Gasteiger partial charge < -0.3 is 5.32 Å². The number of non-ortho nitro benzene ring substituents is 1. The molecule has 1 aromatic heterocycles. The van der Waals surface area contributed by atoms with Crippen molar-refractivity contribution in [3.8, 4) is 11.4 Å². The maximum Gasteiger partial charge on any atom is 0.269 e. The minimum absolute atomic E-state index is 0.0231. The number of nitrogens with zero attached hydrogens (tertiary/aromatic N) is 4. The van der Waals surface area contributed by atoms with E-state index in [-0.39, 0.29) is 22.4 Å². The summed E-state index contributed by atoms with van der Waals surface area (Å²) in [5.74, 6) is -0.338. The van der Waals surface area contributed by atoms with Crippen molar-refractivity contribution < 1.29 is 14.1 Å². The molecule has 0 aliphatic heterocycles. The number of aromatic nitrogens is 3. The Morgan fingerprint density at radius 2 is 1.82 bits per heavy atom. The summed E-state index contributed by atoms with van der Waals surface area (Å²) in [7, 11) is 0. The molecule has 8 nitrogen and oxygen atoms in total. The SMILES string of the molecule is O=C(CSc1nnc(-c2ccc([N+](=O)[O-])cc2)n1Cc1ccccc1)Nc1ccc(F)c(Cl)c1. The Morgan fingerprint density at radius 1 is 1.09 bits per heavy atom. The largest absolute Gasteiger partial charge is 0.325 e. The lowest BCUT2D eigenvalue weighted by atomic mass is 10.2. The van der Waals surface area contributed by atoms with Gasteiger partial charge in [0.25, 0.3) is 5.69 Å². The summed E-state index contributed by atoms with van der Waals surface area (Å²) in [6, 6.07) is 19.6. The molecule has 0 bridgehead atoms. The number of halogens is 2. The monoisotopic (exact) mass is 497 g/mol. The minimum Gasteiger partial charge on any atom is -0.325 e. The highest BCUT2D eigenvalue weighted by Crippen LogP contribution is 2.27. The number of rotatable bonds is 8. The van der Waals surface area contributed by atoms with Crippen LogP contribution in [0.5, 0.6) is 0 Å². The molecule has 4 rings (SSSR count). The molecule has 0 saturated heterocycles. The molecule has 3 aromatic carbocycles. The average molecular weight is 498 g/mol. The molecule has 0 unspecified atom stereocenters. The highest BCUT2D eigenvalue weighted by molar-refractivity contribution is 7.99. The summed E-state index contributed by atoms with van der Waals surface area (Å²) >= 11 is 6.95. The predicted molar refractivity (Wildman–Crippen MR) is 128 cm³/mol. The van der Waals surface area contributed by atoms with Crippen molar-refractivity contribution in [1.82, 2.24) is 14.8 Å². The lowest BCUT2D eigenvalue weighted by molar-refractivity contribution is -0.384. The summed E-state index contributed by atoms with van der Waals surface area (Å²) in [4.78, 5) is 23.0. The van der Waals surface area contributed by atoms with Crippen LogP contribution in [0.4, 0.5) is 15.8 Å². The molecule has 0 fully saturated rings. The summed E-state index contributed by atoms with van der Waals surface area (Å²) in [5.41, 5.74) is 2.02. The van der Waals surface area contributed by atoms with Crippen molar-refractivity contribution in [2.24, 2.45) is 0 Å². The highest BCUT2D eigenvalue weighted by Gasteiger charge is 2.17. The number of anilines is 1. The molecule has 1 amide bonds. The van der Waals surface area contributed by atoms with Crippen LogP contribution in [0, 0.1) is 15.9 Å². The summed E-state index contributed by atoms with van der Waals surface area (Å²) in [6.07, 6.45) is 0. The molecule has 1 N–H and O–H groups in total. The number of thioether (sulfide) groups is 1. The Kier molecular flexibility index (Phi) is 7.19. The minimum atomic E-state index is -0.568. The van der Waals surface area contributed by atoms with E-state index in [0.29, 0.717) is 28.8 Å². The van der Waals surface area contributed by atoms with E-state index in [2.05, 4.69) is 15.5 Å². The zero-order valence-corrected chi connectivity index (χ0v) is 19.1. The normalized spacial score (nSPS) is 10.8. The molecule has 0 aliphatic rings. The van der Waals surface area contributed by atoms with E-state index >= 15 is 0 Å². The zero-order valence-electron chi connectivity index (χ0n) is 17.5. The van der Waals surface area contributed by atoms with Crippen LogP contribution < -0.4 is 5.32 Å². The number of carbonyl (C=O) groups excluding carboxylic acids is 1. The molecule has 0 radical (unpaired) electrons. The third-order valence-corrected chi connectivity index (χ3v) is 6.03. The van der Waals surface area contributed by atoms with Crippen LogP contribution in [0.3, 0.4) is 0 Å². The number of hydrogen-bond donors (Lipinski definition) is 1. The van der Waals surface area contributed by atoms with Crippen LogP contribution in [-0.2, 0) is 11.3 Å². The third-order valence-electron chi connectivity index (χ3n) is 4.77. The maximum absolute atomic E-state index is 13.3. The molecule has 11 heteroatoms. The van der Waals surface area contributed by atoms with Crippen LogP contribution in [0.1, 0.15) is 5.56 Å². The van der Waals surface area contributed by atoms with E-state index in [0.717, 1.165) is 5.56 Å². The smallest absolute Gasteiger partial charge is 0.269 e. The van der Waals surface area contributed by atoms with Crippen LogP contribution >= 0.6 is 23.4 Å². The van der Waals surface area contributed by atoms with Gasteiger partial charge in [0.05, 0.1) is 22.2 Å². The first-order valence-electron chi connectivity index (χ1n) is 10.0. The van der Waals surface area contributed by atoms with E-state index in [1.165, 1.54) is 42.1 Å². The average Bonchev–Trinajstić information content (AvgIpc) is 3.23. The van der Waals surface area contributed by atoms with Gasteiger partial charge in [-0.2, -0.15) is 0 Å². The second-order valence-electron chi connectivity index (χ2n) is 7.15. The first kappa shape index (κ1) is 23.4. The Balaban J connectivity index is 1.55. The molecule has 0 saturated carbocycles. The Hall–Kier alpha value is -3.76. The second kappa shape index (κ2) is 10.4. The summed E-state index contributed by atoms with van der Waals surface area (Å²) in [5, 5.41) is 22.6. The summed E-state index contributed by atoms with van der Waals surface area (Å²) < 4.78 is 15.2. The molecule has 0 spiro atoms. The molecule has 0 atom stereocenters. The number of nitro groups is 1. The molecular weight excluding hydrogens is 481 g/mol. The van der Waals surface area contributed by atoms with Gasteiger partial charge in [0.15, 0.2) is 11.0 Å². The van der Waals surface area contributed by atoms with E-state index < -0.39 is 10.7 Å².